The molecule has 2 saturated heterocycles. The van der Waals surface area contributed by atoms with Gasteiger partial charge in [-0.05, 0) is 39.5 Å². The standard InChI is InChI=1S/C21H40N4O2/c1-3-22-20(24-12-8-19(9-13-24)27-4-2)23-18-21(10-6-5-7-11-21)25-14-16-26-17-15-25/h19H,3-18H2,1-2H3,(H,22,23). The summed E-state index contributed by atoms with van der Waals surface area (Å²) in [7, 11) is 0. The molecular weight excluding hydrogens is 340 g/mol. The Hall–Kier alpha value is -0.850. The zero-order chi connectivity index (χ0) is 19.0. The van der Waals surface area contributed by atoms with E-state index in [9.17, 15) is 0 Å². The number of rotatable bonds is 6. The first-order chi connectivity index (χ1) is 13.3. The highest BCUT2D eigenvalue weighted by Crippen LogP contribution is 2.34. The first kappa shape index (κ1) is 20.9. The van der Waals surface area contributed by atoms with Crippen molar-refractivity contribution in [2.45, 2.75) is 70.4 Å². The highest BCUT2D eigenvalue weighted by atomic mass is 16.5. The van der Waals surface area contributed by atoms with Crippen LogP contribution in [0.3, 0.4) is 0 Å². The molecule has 0 radical (unpaired) electrons. The van der Waals surface area contributed by atoms with E-state index < -0.39 is 0 Å². The Bertz CT molecular complexity index is 451. The molecule has 6 nitrogen and oxygen atoms in total. The van der Waals surface area contributed by atoms with Gasteiger partial charge in [0.2, 0.25) is 0 Å². The van der Waals surface area contributed by atoms with E-state index in [1.54, 1.807) is 0 Å². The van der Waals surface area contributed by atoms with Crippen LogP contribution in [-0.4, -0.2) is 86.5 Å². The lowest BCUT2D eigenvalue weighted by atomic mass is 9.80. The molecule has 2 aliphatic heterocycles. The monoisotopic (exact) mass is 380 g/mol. The van der Waals surface area contributed by atoms with Crippen LogP contribution in [0.2, 0.25) is 0 Å². The minimum Gasteiger partial charge on any atom is -0.379 e. The average Bonchev–Trinajstić information content (AvgIpc) is 2.73. The number of nitrogens with one attached hydrogen (secondary N) is 1. The molecule has 2 heterocycles. The second-order valence-electron chi connectivity index (χ2n) is 8.20. The second kappa shape index (κ2) is 10.6. The maximum Gasteiger partial charge on any atom is 0.193 e. The lowest BCUT2D eigenvalue weighted by molar-refractivity contribution is -0.0334. The van der Waals surface area contributed by atoms with E-state index in [4.69, 9.17) is 14.5 Å². The minimum absolute atomic E-state index is 0.242. The molecule has 1 saturated carbocycles. The van der Waals surface area contributed by atoms with E-state index >= 15 is 0 Å². The molecule has 0 spiro atoms. The van der Waals surface area contributed by atoms with Gasteiger partial charge in [0.15, 0.2) is 5.96 Å². The summed E-state index contributed by atoms with van der Waals surface area (Å²) >= 11 is 0. The van der Waals surface area contributed by atoms with Crippen LogP contribution in [0.4, 0.5) is 0 Å². The fraction of sp³-hybridized carbons (Fsp3) is 0.952. The summed E-state index contributed by atoms with van der Waals surface area (Å²) in [5.41, 5.74) is 0.242. The molecule has 0 aromatic rings. The van der Waals surface area contributed by atoms with Crippen molar-refractivity contribution in [2.75, 3.05) is 59.1 Å². The van der Waals surface area contributed by atoms with Crippen molar-refractivity contribution in [2.24, 2.45) is 4.99 Å². The second-order valence-corrected chi connectivity index (χ2v) is 8.20. The summed E-state index contributed by atoms with van der Waals surface area (Å²) in [6.45, 7) is 12.9. The summed E-state index contributed by atoms with van der Waals surface area (Å²) in [6, 6.07) is 0. The Morgan fingerprint density at radius 2 is 1.78 bits per heavy atom. The number of aliphatic imine (C=N–C) groups is 1. The topological polar surface area (TPSA) is 49.3 Å². The van der Waals surface area contributed by atoms with Crippen molar-refractivity contribution in [3.63, 3.8) is 0 Å². The van der Waals surface area contributed by atoms with E-state index in [-0.39, 0.29) is 5.54 Å². The summed E-state index contributed by atoms with van der Waals surface area (Å²) < 4.78 is 11.4. The Morgan fingerprint density at radius 1 is 1.07 bits per heavy atom. The molecule has 0 amide bonds. The van der Waals surface area contributed by atoms with Gasteiger partial charge in [0.25, 0.3) is 0 Å². The largest absolute Gasteiger partial charge is 0.379 e. The van der Waals surface area contributed by atoms with E-state index in [1.807, 2.05) is 0 Å². The van der Waals surface area contributed by atoms with Crippen LogP contribution in [-0.2, 0) is 9.47 Å². The third kappa shape index (κ3) is 5.58. The third-order valence-electron chi connectivity index (χ3n) is 6.47. The maximum atomic E-state index is 5.82. The van der Waals surface area contributed by atoms with Gasteiger partial charge in [-0.25, -0.2) is 0 Å². The number of nitrogens with zero attached hydrogens (tertiary/aromatic N) is 3. The number of piperidine rings is 1. The molecule has 156 valence electrons. The van der Waals surface area contributed by atoms with E-state index in [0.29, 0.717) is 6.10 Å². The number of hydrogen-bond donors (Lipinski definition) is 1. The van der Waals surface area contributed by atoms with Crippen molar-refractivity contribution >= 4 is 5.96 Å². The number of hydrogen-bond acceptors (Lipinski definition) is 4. The minimum atomic E-state index is 0.242. The van der Waals surface area contributed by atoms with Crippen LogP contribution in [0.25, 0.3) is 0 Å². The quantitative estimate of drug-likeness (QED) is 0.567. The van der Waals surface area contributed by atoms with Gasteiger partial charge in [-0.15, -0.1) is 0 Å². The van der Waals surface area contributed by atoms with Crippen molar-refractivity contribution < 1.29 is 9.47 Å². The Morgan fingerprint density at radius 3 is 2.41 bits per heavy atom. The number of ether oxygens (including phenoxy) is 2. The zero-order valence-electron chi connectivity index (χ0n) is 17.5. The van der Waals surface area contributed by atoms with Crippen molar-refractivity contribution in [3.8, 4) is 0 Å². The normalized spacial score (nSPS) is 25.6. The van der Waals surface area contributed by atoms with Gasteiger partial charge in [0.1, 0.15) is 0 Å². The van der Waals surface area contributed by atoms with Gasteiger partial charge >= 0.3 is 0 Å². The summed E-state index contributed by atoms with van der Waals surface area (Å²) in [6.07, 6.45) is 9.24. The highest BCUT2D eigenvalue weighted by molar-refractivity contribution is 5.80. The molecule has 3 rings (SSSR count). The van der Waals surface area contributed by atoms with Crippen LogP contribution in [0.15, 0.2) is 4.99 Å². The van der Waals surface area contributed by atoms with Crippen LogP contribution < -0.4 is 5.32 Å². The zero-order valence-corrected chi connectivity index (χ0v) is 17.5. The Balaban J connectivity index is 1.66. The molecule has 27 heavy (non-hydrogen) atoms. The number of morpholine rings is 1. The fourth-order valence-corrected chi connectivity index (χ4v) is 4.94. The van der Waals surface area contributed by atoms with Gasteiger partial charge in [-0.1, -0.05) is 19.3 Å². The SMILES string of the molecule is CCNC(=NCC1(N2CCOCC2)CCCCC1)N1CCC(OCC)CC1. The summed E-state index contributed by atoms with van der Waals surface area (Å²) in [5, 5.41) is 3.55. The van der Waals surface area contributed by atoms with Crippen molar-refractivity contribution in [3.05, 3.63) is 0 Å². The molecule has 1 N–H and O–H groups in total. The van der Waals surface area contributed by atoms with Crippen molar-refractivity contribution in [1.29, 1.82) is 0 Å². The average molecular weight is 381 g/mol. The van der Waals surface area contributed by atoms with Gasteiger partial charge in [0.05, 0.1) is 25.9 Å². The van der Waals surface area contributed by atoms with E-state index in [2.05, 4.69) is 29.0 Å². The van der Waals surface area contributed by atoms with Crippen LogP contribution in [0.5, 0.6) is 0 Å². The summed E-state index contributed by atoms with van der Waals surface area (Å²) in [4.78, 5) is 10.3. The number of likely N-dealkylation sites (tertiary alicyclic amines) is 1. The molecule has 6 heteroatoms. The molecule has 0 aromatic heterocycles. The van der Waals surface area contributed by atoms with Crippen LogP contribution in [0, 0.1) is 0 Å². The van der Waals surface area contributed by atoms with Crippen LogP contribution >= 0.6 is 0 Å². The molecular formula is C21H40N4O2. The molecule has 0 aromatic carbocycles. The summed E-state index contributed by atoms with van der Waals surface area (Å²) in [5.74, 6) is 1.10. The fourth-order valence-electron chi connectivity index (χ4n) is 4.94. The molecule has 0 bridgehead atoms. The Labute approximate surface area is 165 Å². The van der Waals surface area contributed by atoms with E-state index in [0.717, 1.165) is 77.9 Å². The molecule has 3 aliphatic rings. The van der Waals surface area contributed by atoms with Gasteiger partial charge in [-0.3, -0.25) is 9.89 Å². The third-order valence-corrected chi connectivity index (χ3v) is 6.47. The highest BCUT2D eigenvalue weighted by Gasteiger charge is 2.38. The predicted octanol–water partition coefficient (Wildman–Crippen LogP) is 2.49. The lowest BCUT2D eigenvalue weighted by Crippen LogP contribution is -2.57. The Kier molecular flexibility index (Phi) is 8.22. The lowest BCUT2D eigenvalue weighted by Gasteiger charge is -2.47. The van der Waals surface area contributed by atoms with Gasteiger partial charge < -0.3 is 19.7 Å². The molecule has 1 aliphatic carbocycles. The maximum absolute atomic E-state index is 5.82. The van der Waals surface area contributed by atoms with E-state index in [1.165, 1.54) is 32.1 Å². The van der Waals surface area contributed by atoms with Gasteiger partial charge in [0, 0.05) is 44.9 Å². The number of guanidine groups is 1. The first-order valence-electron chi connectivity index (χ1n) is 11.2. The predicted molar refractivity (Wildman–Crippen MR) is 110 cm³/mol. The smallest absolute Gasteiger partial charge is 0.193 e. The molecule has 0 atom stereocenters. The molecule has 3 fully saturated rings. The first-order valence-corrected chi connectivity index (χ1v) is 11.2. The van der Waals surface area contributed by atoms with Crippen LogP contribution in [0.1, 0.15) is 58.8 Å². The molecule has 0 unspecified atom stereocenters. The van der Waals surface area contributed by atoms with Crippen molar-refractivity contribution in [1.82, 2.24) is 15.1 Å². The van der Waals surface area contributed by atoms with Gasteiger partial charge in [-0.2, -0.15) is 0 Å².